The second-order valence-corrected chi connectivity index (χ2v) is 11.4. The molecule has 1 saturated heterocycles. The molecule has 2 atom stereocenters. The van der Waals surface area contributed by atoms with Crippen molar-refractivity contribution in [3.8, 4) is 0 Å². The number of fused-ring (bicyclic) bond motifs is 1. The number of benzene rings is 2. The fourth-order valence-corrected chi connectivity index (χ4v) is 5.85. The molecule has 6 nitrogen and oxygen atoms in total. The smallest absolute Gasteiger partial charge is 0.336 e. The Labute approximate surface area is 209 Å². The van der Waals surface area contributed by atoms with Crippen molar-refractivity contribution in [2.75, 3.05) is 19.6 Å². The summed E-state index contributed by atoms with van der Waals surface area (Å²) in [4.78, 5) is 6.29. The number of halogens is 3. The van der Waals surface area contributed by atoms with Gasteiger partial charge >= 0.3 is 6.18 Å². The van der Waals surface area contributed by atoms with Gasteiger partial charge in [-0.25, -0.2) is 18.5 Å². The molecular formula is C26H29F3N4O2S. The van der Waals surface area contributed by atoms with Gasteiger partial charge in [-0.2, -0.15) is 13.2 Å². The zero-order chi connectivity index (χ0) is 25.5. The third-order valence-electron chi connectivity index (χ3n) is 7.37. The van der Waals surface area contributed by atoms with Crippen LogP contribution in [0.2, 0.25) is 0 Å². The van der Waals surface area contributed by atoms with Crippen LogP contribution in [0.4, 0.5) is 13.2 Å². The molecule has 192 valence electrons. The average Bonchev–Trinajstić information content (AvgIpc) is 3.40. The Morgan fingerprint density at radius 3 is 2.56 bits per heavy atom. The fourth-order valence-electron chi connectivity index (χ4n) is 5.37. The SMILES string of the molecule is NS(=O)(=O)c1cn(CCc2ccc3c(c2)C(Cc2cccc(C(F)(F)F)c2)C(CN2CCC2)C3)cn1. The first-order valence-corrected chi connectivity index (χ1v) is 13.7. The van der Waals surface area contributed by atoms with Crippen molar-refractivity contribution in [3.63, 3.8) is 0 Å². The summed E-state index contributed by atoms with van der Waals surface area (Å²) in [6, 6.07) is 12.1. The lowest BCUT2D eigenvalue weighted by molar-refractivity contribution is -0.137. The van der Waals surface area contributed by atoms with E-state index in [0.29, 0.717) is 30.9 Å². The molecule has 1 aromatic heterocycles. The third kappa shape index (κ3) is 5.50. The quantitative estimate of drug-likeness (QED) is 0.489. The maximum Gasteiger partial charge on any atom is 0.416 e. The summed E-state index contributed by atoms with van der Waals surface area (Å²) in [5.74, 6) is 0.502. The third-order valence-corrected chi connectivity index (χ3v) is 8.17. The van der Waals surface area contributed by atoms with Gasteiger partial charge in [0.1, 0.15) is 0 Å². The van der Waals surface area contributed by atoms with Gasteiger partial charge in [0, 0.05) is 19.3 Å². The van der Waals surface area contributed by atoms with Crippen molar-refractivity contribution in [3.05, 3.63) is 82.8 Å². The maximum absolute atomic E-state index is 13.3. The number of nitrogens with zero attached hydrogens (tertiary/aromatic N) is 3. The van der Waals surface area contributed by atoms with Gasteiger partial charge in [0.2, 0.25) is 0 Å². The number of aromatic nitrogens is 2. The lowest BCUT2D eigenvalue weighted by atomic mass is 9.85. The molecule has 36 heavy (non-hydrogen) atoms. The van der Waals surface area contributed by atoms with Crippen LogP contribution in [0.25, 0.3) is 0 Å². The number of aryl methyl sites for hydroxylation is 2. The van der Waals surface area contributed by atoms with Gasteiger partial charge in [-0.15, -0.1) is 0 Å². The van der Waals surface area contributed by atoms with Crippen LogP contribution in [-0.4, -0.2) is 42.5 Å². The summed E-state index contributed by atoms with van der Waals surface area (Å²) in [5.41, 5.74) is 3.67. The van der Waals surface area contributed by atoms with Crippen molar-refractivity contribution < 1.29 is 21.6 Å². The van der Waals surface area contributed by atoms with Crippen LogP contribution in [-0.2, 0) is 42.0 Å². The molecule has 2 N–H and O–H groups in total. The van der Waals surface area contributed by atoms with Crippen molar-refractivity contribution >= 4 is 10.0 Å². The van der Waals surface area contributed by atoms with Crippen LogP contribution in [0, 0.1) is 5.92 Å². The molecule has 0 amide bonds. The molecule has 2 aliphatic rings. The number of primary sulfonamides is 1. The second-order valence-electron chi connectivity index (χ2n) is 9.91. The molecule has 3 aromatic rings. The number of imidazole rings is 1. The minimum atomic E-state index is -4.36. The predicted octanol–water partition coefficient (Wildman–Crippen LogP) is 4.00. The van der Waals surface area contributed by atoms with E-state index in [1.165, 1.54) is 42.2 Å². The molecule has 0 bridgehead atoms. The lowest BCUT2D eigenvalue weighted by Crippen LogP contribution is -2.41. The maximum atomic E-state index is 13.3. The topological polar surface area (TPSA) is 81.2 Å². The summed E-state index contributed by atoms with van der Waals surface area (Å²) in [6.45, 7) is 3.66. The molecule has 0 radical (unpaired) electrons. The number of hydrogen-bond donors (Lipinski definition) is 1. The summed E-state index contributed by atoms with van der Waals surface area (Å²) >= 11 is 0. The monoisotopic (exact) mass is 518 g/mol. The van der Waals surface area contributed by atoms with Crippen LogP contribution in [0.1, 0.15) is 40.2 Å². The average molecular weight is 519 g/mol. The van der Waals surface area contributed by atoms with Crippen molar-refractivity contribution in [1.29, 1.82) is 0 Å². The largest absolute Gasteiger partial charge is 0.416 e. The standard InChI is InChI=1S/C26H29F3N4O2S/c27-26(28,29)22-4-1-3-19(11-22)13-24-21(15-32-8-2-9-32)14-20-6-5-18(12-23(20)24)7-10-33-16-25(31-17-33)36(30,34)35/h1,3-6,11-12,16-17,21,24H,2,7-10,13-15H2,(H2,30,34,35). The lowest BCUT2D eigenvalue weighted by Gasteiger charge is -2.35. The van der Waals surface area contributed by atoms with Crippen molar-refractivity contribution in [2.45, 2.75) is 49.3 Å². The molecule has 1 aliphatic carbocycles. The van der Waals surface area contributed by atoms with Crippen LogP contribution in [0.5, 0.6) is 0 Å². The van der Waals surface area contributed by atoms with E-state index >= 15 is 0 Å². The van der Waals surface area contributed by atoms with Gasteiger partial charge in [-0.3, -0.25) is 0 Å². The van der Waals surface area contributed by atoms with Crippen LogP contribution < -0.4 is 5.14 Å². The van der Waals surface area contributed by atoms with E-state index in [4.69, 9.17) is 5.14 Å². The number of alkyl halides is 3. The molecule has 0 saturated carbocycles. The Morgan fingerprint density at radius 1 is 1.08 bits per heavy atom. The highest BCUT2D eigenvalue weighted by molar-refractivity contribution is 7.89. The van der Waals surface area contributed by atoms with Gasteiger partial charge < -0.3 is 9.47 Å². The van der Waals surface area contributed by atoms with E-state index in [1.54, 1.807) is 10.6 Å². The number of hydrogen-bond acceptors (Lipinski definition) is 4. The molecule has 1 fully saturated rings. The van der Waals surface area contributed by atoms with Crippen molar-refractivity contribution in [2.24, 2.45) is 11.1 Å². The zero-order valence-corrected chi connectivity index (χ0v) is 20.6. The number of likely N-dealkylation sites (tertiary alicyclic amines) is 1. The summed E-state index contributed by atoms with van der Waals surface area (Å²) in [6.07, 6.45) is 1.87. The number of rotatable bonds is 8. The first kappa shape index (κ1) is 25.0. The second kappa shape index (κ2) is 9.64. The molecule has 2 heterocycles. The highest BCUT2D eigenvalue weighted by Crippen LogP contribution is 2.42. The normalized spacial score (nSPS) is 20.3. The zero-order valence-electron chi connectivity index (χ0n) is 19.8. The summed E-state index contributed by atoms with van der Waals surface area (Å²) in [5, 5.41) is 4.98. The van der Waals surface area contributed by atoms with E-state index in [-0.39, 0.29) is 10.9 Å². The molecule has 2 unspecified atom stereocenters. The highest BCUT2D eigenvalue weighted by atomic mass is 32.2. The van der Waals surface area contributed by atoms with Crippen LogP contribution in [0.3, 0.4) is 0 Å². The first-order valence-electron chi connectivity index (χ1n) is 12.1. The van der Waals surface area contributed by atoms with Gasteiger partial charge in [-0.1, -0.05) is 36.4 Å². The summed E-state index contributed by atoms with van der Waals surface area (Å²) in [7, 11) is -3.84. The Bertz CT molecular complexity index is 1350. The summed E-state index contributed by atoms with van der Waals surface area (Å²) < 4.78 is 64.6. The van der Waals surface area contributed by atoms with E-state index in [1.807, 2.05) is 0 Å². The molecular weight excluding hydrogens is 489 g/mol. The van der Waals surface area contributed by atoms with E-state index in [2.05, 4.69) is 28.1 Å². The first-order chi connectivity index (χ1) is 17.1. The van der Waals surface area contributed by atoms with E-state index in [0.717, 1.165) is 37.7 Å². The van der Waals surface area contributed by atoms with Gasteiger partial charge in [-0.05, 0) is 78.9 Å². The molecule has 5 rings (SSSR count). The number of nitrogens with two attached hydrogens (primary N) is 1. The molecule has 10 heteroatoms. The van der Waals surface area contributed by atoms with Gasteiger partial charge in [0.05, 0.1) is 11.9 Å². The van der Waals surface area contributed by atoms with Gasteiger partial charge in [0.15, 0.2) is 5.03 Å². The van der Waals surface area contributed by atoms with E-state index in [9.17, 15) is 21.6 Å². The number of sulfonamides is 1. The Morgan fingerprint density at radius 2 is 1.89 bits per heavy atom. The predicted molar refractivity (Wildman–Crippen MR) is 130 cm³/mol. The minimum absolute atomic E-state index is 0.145. The van der Waals surface area contributed by atoms with Crippen LogP contribution in [0.15, 0.2) is 60.0 Å². The van der Waals surface area contributed by atoms with E-state index < -0.39 is 21.8 Å². The Hall–Kier alpha value is -2.69. The van der Waals surface area contributed by atoms with Gasteiger partial charge in [0.25, 0.3) is 10.0 Å². The Kier molecular flexibility index (Phi) is 6.69. The molecule has 1 aliphatic heterocycles. The highest BCUT2D eigenvalue weighted by Gasteiger charge is 2.36. The molecule has 2 aromatic carbocycles. The van der Waals surface area contributed by atoms with Crippen molar-refractivity contribution in [1.82, 2.24) is 14.5 Å². The Balaban J connectivity index is 1.37. The van der Waals surface area contributed by atoms with Crippen LogP contribution >= 0.6 is 0 Å². The molecule has 0 spiro atoms. The fraction of sp³-hybridized carbons (Fsp3) is 0.423. The minimum Gasteiger partial charge on any atom is -0.336 e.